The van der Waals surface area contributed by atoms with Gasteiger partial charge in [0.2, 0.25) is 0 Å². The maximum absolute atomic E-state index is 11.9. The Morgan fingerprint density at radius 2 is 1.96 bits per heavy atom. The highest BCUT2D eigenvalue weighted by Crippen LogP contribution is 2.22. The number of hydrogen-bond acceptors (Lipinski definition) is 4. The summed E-state index contributed by atoms with van der Waals surface area (Å²) in [7, 11) is 0. The molecule has 0 fully saturated rings. The van der Waals surface area contributed by atoms with Crippen LogP contribution < -0.4 is 5.32 Å². The van der Waals surface area contributed by atoms with Crippen molar-refractivity contribution in [1.82, 2.24) is 5.32 Å². The maximum atomic E-state index is 11.9. The van der Waals surface area contributed by atoms with E-state index in [1.165, 1.54) is 12.1 Å². The Kier molecular flexibility index (Phi) is 5.82. The molecule has 2 aromatic rings. The fourth-order valence-corrected chi connectivity index (χ4v) is 2.51. The van der Waals surface area contributed by atoms with Crippen LogP contribution in [0.1, 0.15) is 34.5 Å². The van der Waals surface area contributed by atoms with Crippen molar-refractivity contribution >= 4 is 23.5 Å². The lowest BCUT2D eigenvalue weighted by Crippen LogP contribution is -2.31. The second-order valence-corrected chi connectivity index (χ2v) is 5.81. The summed E-state index contributed by atoms with van der Waals surface area (Å²) in [6.45, 7) is 3.13. The van der Waals surface area contributed by atoms with E-state index in [2.05, 4.69) is 5.32 Å². The van der Waals surface area contributed by atoms with Crippen LogP contribution in [0.15, 0.2) is 42.5 Å². The maximum Gasteiger partial charge on any atom is 0.342 e. The van der Waals surface area contributed by atoms with Crippen molar-refractivity contribution in [1.29, 1.82) is 0 Å². The minimum Gasteiger partial charge on any atom is -0.507 e. The smallest absolute Gasteiger partial charge is 0.342 e. The lowest BCUT2D eigenvalue weighted by molar-refractivity contribution is -0.124. The molecule has 5 nitrogen and oxygen atoms in total. The molecule has 2 aromatic carbocycles. The number of aromatic hydroxyl groups is 1. The van der Waals surface area contributed by atoms with Crippen LogP contribution in [0.2, 0.25) is 5.02 Å². The molecule has 0 aliphatic carbocycles. The summed E-state index contributed by atoms with van der Waals surface area (Å²) < 4.78 is 4.95. The summed E-state index contributed by atoms with van der Waals surface area (Å²) in [5, 5.41) is 12.9. The number of esters is 1. The second-order valence-electron chi connectivity index (χ2n) is 5.41. The van der Waals surface area contributed by atoms with E-state index in [1.54, 1.807) is 32.0 Å². The van der Waals surface area contributed by atoms with E-state index in [9.17, 15) is 14.7 Å². The van der Waals surface area contributed by atoms with E-state index in [0.717, 1.165) is 11.1 Å². The SMILES string of the molecule is Cc1ccc(O)c(C(=O)OCC(=O)N[C@H](C)c2ccccc2Cl)c1. The van der Waals surface area contributed by atoms with Gasteiger partial charge in [-0.05, 0) is 37.6 Å². The molecule has 1 atom stereocenters. The van der Waals surface area contributed by atoms with Crippen molar-refractivity contribution in [2.45, 2.75) is 19.9 Å². The number of benzene rings is 2. The lowest BCUT2D eigenvalue weighted by Gasteiger charge is -2.15. The highest BCUT2D eigenvalue weighted by Gasteiger charge is 2.16. The summed E-state index contributed by atoms with van der Waals surface area (Å²) in [4.78, 5) is 23.9. The van der Waals surface area contributed by atoms with Gasteiger partial charge in [0.15, 0.2) is 6.61 Å². The fourth-order valence-electron chi connectivity index (χ4n) is 2.21. The topological polar surface area (TPSA) is 75.6 Å². The summed E-state index contributed by atoms with van der Waals surface area (Å²) in [6, 6.07) is 11.4. The molecule has 0 radical (unpaired) electrons. The number of amides is 1. The summed E-state index contributed by atoms with van der Waals surface area (Å²) >= 11 is 6.08. The van der Waals surface area contributed by atoms with E-state index < -0.39 is 18.5 Å². The van der Waals surface area contributed by atoms with E-state index >= 15 is 0 Å². The number of phenols is 1. The van der Waals surface area contributed by atoms with Gasteiger partial charge in [-0.2, -0.15) is 0 Å². The standard InChI is InChI=1S/C18H18ClNO4/c1-11-7-8-16(21)14(9-11)18(23)24-10-17(22)20-12(2)13-5-3-4-6-15(13)19/h3-9,12,21H,10H2,1-2H3,(H,20,22)/t12-/m1/s1. The molecule has 0 saturated carbocycles. The van der Waals surface area contributed by atoms with Gasteiger partial charge in [0, 0.05) is 5.02 Å². The quantitative estimate of drug-likeness (QED) is 0.813. The summed E-state index contributed by atoms with van der Waals surface area (Å²) in [5.74, 6) is -1.39. The highest BCUT2D eigenvalue weighted by atomic mass is 35.5. The summed E-state index contributed by atoms with van der Waals surface area (Å²) in [5.41, 5.74) is 1.61. The van der Waals surface area contributed by atoms with Crippen molar-refractivity contribution in [3.63, 3.8) is 0 Å². The van der Waals surface area contributed by atoms with Gasteiger partial charge in [0.25, 0.3) is 5.91 Å². The molecule has 0 unspecified atom stereocenters. The first-order valence-corrected chi connectivity index (χ1v) is 7.77. The molecular weight excluding hydrogens is 330 g/mol. The number of ether oxygens (including phenoxy) is 1. The zero-order chi connectivity index (χ0) is 17.7. The van der Waals surface area contributed by atoms with Crippen LogP contribution in [0.3, 0.4) is 0 Å². The van der Waals surface area contributed by atoms with Crippen molar-refractivity contribution in [2.24, 2.45) is 0 Å². The van der Waals surface area contributed by atoms with Gasteiger partial charge < -0.3 is 15.2 Å². The van der Waals surface area contributed by atoms with E-state index in [1.807, 2.05) is 12.1 Å². The number of rotatable bonds is 5. The predicted octanol–water partition coefficient (Wildman–Crippen LogP) is 3.39. The van der Waals surface area contributed by atoms with Crippen LogP contribution in [0.4, 0.5) is 0 Å². The molecule has 0 bridgehead atoms. The van der Waals surface area contributed by atoms with Gasteiger partial charge in [-0.1, -0.05) is 41.4 Å². The monoisotopic (exact) mass is 347 g/mol. The number of aryl methyl sites for hydroxylation is 1. The first-order valence-electron chi connectivity index (χ1n) is 7.39. The molecule has 6 heteroatoms. The van der Waals surface area contributed by atoms with Crippen molar-refractivity contribution in [2.75, 3.05) is 6.61 Å². The largest absolute Gasteiger partial charge is 0.507 e. The average Bonchev–Trinajstić information content (AvgIpc) is 2.55. The zero-order valence-electron chi connectivity index (χ0n) is 13.4. The average molecular weight is 348 g/mol. The predicted molar refractivity (Wildman–Crippen MR) is 91.1 cm³/mol. The molecule has 0 saturated heterocycles. The van der Waals surface area contributed by atoms with Crippen LogP contribution >= 0.6 is 11.6 Å². The Hall–Kier alpha value is -2.53. The molecule has 0 heterocycles. The Morgan fingerprint density at radius 3 is 2.67 bits per heavy atom. The molecule has 0 aliphatic heterocycles. The first kappa shape index (κ1) is 17.8. The number of halogens is 1. The zero-order valence-corrected chi connectivity index (χ0v) is 14.1. The molecule has 0 spiro atoms. The lowest BCUT2D eigenvalue weighted by atomic mass is 10.1. The second kappa shape index (κ2) is 7.84. The van der Waals surface area contributed by atoms with E-state index in [0.29, 0.717) is 5.02 Å². The Morgan fingerprint density at radius 1 is 1.25 bits per heavy atom. The van der Waals surface area contributed by atoms with Gasteiger partial charge in [-0.25, -0.2) is 4.79 Å². The van der Waals surface area contributed by atoms with Crippen LogP contribution in [-0.2, 0) is 9.53 Å². The number of carbonyl (C=O) groups excluding carboxylic acids is 2. The third-order valence-corrected chi connectivity index (χ3v) is 3.80. The molecule has 24 heavy (non-hydrogen) atoms. The minimum absolute atomic E-state index is 0.0296. The molecule has 0 aromatic heterocycles. The third-order valence-electron chi connectivity index (χ3n) is 3.46. The number of nitrogens with one attached hydrogen (secondary N) is 1. The molecule has 1 amide bonds. The fraction of sp³-hybridized carbons (Fsp3) is 0.222. The van der Waals surface area contributed by atoms with Gasteiger partial charge in [-0.15, -0.1) is 0 Å². The summed E-state index contributed by atoms with van der Waals surface area (Å²) in [6.07, 6.45) is 0. The molecule has 0 aliphatic rings. The highest BCUT2D eigenvalue weighted by molar-refractivity contribution is 6.31. The number of carbonyl (C=O) groups is 2. The number of phenolic OH excluding ortho intramolecular Hbond substituents is 1. The Bertz CT molecular complexity index is 760. The van der Waals surface area contributed by atoms with E-state index in [4.69, 9.17) is 16.3 Å². The first-order chi connectivity index (χ1) is 11.4. The van der Waals surface area contributed by atoms with E-state index in [-0.39, 0.29) is 17.4 Å². The minimum atomic E-state index is -0.753. The van der Waals surface area contributed by atoms with Crippen molar-refractivity contribution < 1.29 is 19.4 Å². The van der Waals surface area contributed by atoms with Crippen LogP contribution in [0.25, 0.3) is 0 Å². The van der Waals surface area contributed by atoms with Gasteiger partial charge in [-0.3, -0.25) is 4.79 Å². The van der Waals surface area contributed by atoms with Crippen LogP contribution in [-0.4, -0.2) is 23.6 Å². The number of hydrogen-bond donors (Lipinski definition) is 2. The van der Waals surface area contributed by atoms with Crippen LogP contribution in [0, 0.1) is 6.92 Å². The molecule has 126 valence electrons. The van der Waals surface area contributed by atoms with Crippen molar-refractivity contribution in [3.05, 3.63) is 64.2 Å². The third kappa shape index (κ3) is 4.49. The van der Waals surface area contributed by atoms with Crippen LogP contribution in [0.5, 0.6) is 5.75 Å². The normalized spacial score (nSPS) is 11.6. The van der Waals surface area contributed by atoms with Gasteiger partial charge in [0.1, 0.15) is 11.3 Å². The molecule has 2 rings (SSSR count). The van der Waals surface area contributed by atoms with Gasteiger partial charge >= 0.3 is 5.97 Å². The Labute approximate surface area is 145 Å². The molecular formula is C18H18ClNO4. The van der Waals surface area contributed by atoms with Crippen molar-refractivity contribution in [3.8, 4) is 5.75 Å². The molecule has 2 N–H and O–H groups in total. The Balaban J connectivity index is 1.92. The van der Waals surface area contributed by atoms with Gasteiger partial charge in [0.05, 0.1) is 6.04 Å².